The summed E-state index contributed by atoms with van der Waals surface area (Å²) in [4.78, 5) is 19.9. The van der Waals surface area contributed by atoms with Crippen LogP contribution >= 0.6 is 11.6 Å². The summed E-state index contributed by atoms with van der Waals surface area (Å²) < 4.78 is 39.1. The molecule has 1 heterocycles. The number of alkyl halides is 3. The number of halogens is 4. The molecule has 3 aromatic rings. The topological polar surface area (TPSA) is 105 Å². The van der Waals surface area contributed by atoms with Gasteiger partial charge in [-0.05, 0) is 23.8 Å². The van der Waals surface area contributed by atoms with Crippen molar-refractivity contribution in [1.82, 2.24) is 15.4 Å². The first kappa shape index (κ1) is 21.2. The van der Waals surface area contributed by atoms with Crippen molar-refractivity contribution < 1.29 is 18.0 Å². The van der Waals surface area contributed by atoms with E-state index >= 15 is 0 Å². The Balaban J connectivity index is 1.70. The second kappa shape index (κ2) is 8.87. The Kier molecular flexibility index (Phi) is 6.26. The van der Waals surface area contributed by atoms with E-state index < -0.39 is 16.8 Å². The Bertz CT molecular complexity index is 1050. The van der Waals surface area contributed by atoms with Gasteiger partial charge in [-0.15, -0.1) is 0 Å². The zero-order chi connectivity index (χ0) is 21.7. The number of aromatic nitrogens is 2. The second-order valence-electron chi connectivity index (χ2n) is 6.14. The van der Waals surface area contributed by atoms with Crippen molar-refractivity contribution in [2.45, 2.75) is 12.6 Å². The van der Waals surface area contributed by atoms with E-state index in [1.807, 2.05) is 30.3 Å². The molecule has 0 bridgehead atoms. The molecular weight excluding hydrogens is 421 g/mol. The maximum Gasteiger partial charge on any atom is 0.417 e. The van der Waals surface area contributed by atoms with E-state index in [1.165, 1.54) is 6.07 Å². The van der Waals surface area contributed by atoms with Gasteiger partial charge in [0.2, 0.25) is 5.91 Å². The van der Waals surface area contributed by atoms with Crippen LogP contribution in [-0.2, 0) is 17.4 Å². The van der Waals surface area contributed by atoms with Crippen molar-refractivity contribution in [2.75, 3.05) is 16.5 Å². The zero-order valence-electron chi connectivity index (χ0n) is 15.3. The van der Waals surface area contributed by atoms with Gasteiger partial charge >= 0.3 is 6.18 Å². The Morgan fingerprint density at radius 1 is 1.07 bits per heavy atom. The molecule has 0 aliphatic carbocycles. The standard InChI is InChI=1S/C19H16ClF3N6O/c20-14-7-6-12(9-13(14)19(21,22)23)27-17-16(24)18(26-10-25-17)29-28-15(30)8-11-4-2-1-3-5-11/h1-7,9-10H,8,24H2,(H,28,30)(H2,25,26,27,29). The fraction of sp³-hybridized carbons (Fsp3) is 0.105. The summed E-state index contributed by atoms with van der Waals surface area (Å²) in [6, 6.07) is 12.4. The molecule has 3 rings (SSSR count). The number of nitrogens with zero attached hydrogens (tertiary/aromatic N) is 2. The number of amides is 1. The van der Waals surface area contributed by atoms with Gasteiger partial charge in [0.15, 0.2) is 11.6 Å². The van der Waals surface area contributed by atoms with Gasteiger partial charge in [-0.2, -0.15) is 13.2 Å². The van der Waals surface area contributed by atoms with Crippen molar-refractivity contribution in [3.63, 3.8) is 0 Å². The first-order chi connectivity index (χ1) is 14.2. The van der Waals surface area contributed by atoms with Crippen LogP contribution in [0.2, 0.25) is 5.02 Å². The number of nitrogens with one attached hydrogen (secondary N) is 3. The molecule has 0 fully saturated rings. The number of nitrogens with two attached hydrogens (primary N) is 1. The minimum absolute atomic E-state index is 0.000944. The molecule has 0 atom stereocenters. The minimum atomic E-state index is -4.61. The number of nitrogen functional groups attached to an aromatic ring is 1. The lowest BCUT2D eigenvalue weighted by Gasteiger charge is -2.15. The molecule has 0 saturated heterocycles. The van der Waals surface area contributed by atoms with Crippen LogP contribution in [0.4, 0.5) is 36.2 Å². The fourth-order valence-electron chi connectivity index (χ4n) is 2.51. The Morgan fingerprint density at radius 2 is 1.77 bits per heavy atom. The Morgan fingerprint density at radius 3 is 2.47 bits per heavy atom. The van der Waals surface area contributed by atoms with Crippen LogP contribution in [0.5, 0.6) is 0 Å². The van der Waals surface area contributed by atoms with E-state index in [0.29, 0.717) is 0 Å². The monoisotopic (exact) mass is 436 g/mol. The van der Waals surface area contributed by atoms with E-state index in [2.05, 4.69) is 26.1 Å². The van der Waals surface area contributed by atoms with Gasteiger partial charge in [-0.25, -0.2) is 9.97 Å². The molecule has 0 spiro atoms. The zero-order valence-corrected chi connectivity index (χ0v) is 16.1. The molecule has 0 aliphatic rings. The van der Waals surface area contributed by atoms with Crippen molar-refractivity contribution in [3.8, 4) is 0 Å². The van der Waals surface area contributed by atoms with Gasteiger partial charge in [-0.3, -0.25) is 15.6 Å². The Hall–Kier alpha value is -3.53. The molecule has 7 nitrogen and oxygen atoms in total. The Labute approximate surface area is 174 Å². The number of hydrogen-bond acceptors (Lipinski definition) is 6. The number of rotatable bonds is 6. The quantitative estimate of drug-likeness (QED) is 0.432. The highest BCUT2D eigenvalue weighted by atomic mass is 35.5. The average molecular weight is 437 g/mol. The summed E-state index contributed by atoms with van der Waals surface area (Å²) in [5, 5.41) is 2.27. The van der Waals surface area contributed by atoms with Gasteiger partial charge in [0.05, 0.1) is 17.0 Å². The molecule has 156 valence electrons. The van der Waals surface area contributed by atoms with Gasteiger partial charge in [0.1, 0.15) is 12.0 Å². The minimum Gasteiger partial charge on any atom is -0.393 e. The smallest absolute Gasteiger partial charge is 0.393 e. The van der Waals surface area contributed by atoms with Crippen LogP contribution in [0, 0.1) is 0 Å². The van der Waals surface area contributed by atoms with E-state index in [4.69, 9.17) is 17.3 Å². The molecule has 1 aromatic heterocycles. The number of carbonyl (C=O) groups excluding carboxylic acids is 1. The largest absolute Gasteiger partial charge is 0.417 e. The predicted octanol–water partition coefficient (Wildman–Crippen LogP) is 4.16. The van der Waals surface area contributed by atoms with E-state index in [-0.39, 0.29) is 35.3 Å². The third-order valence-corrected chi connectivity index (χ3v) is 4.28. The normalized spacial score (nSPS) is 11.1. The van der Waals surface area contributed by atoms with Crippen molar-refractivity contribution >= 4 is 40.5 Å². The fourth-order valence-corrected chi connectivity index (χ4v) is 2.73. The number of carbonyl (C=O) groups is 1. The molecule has 11 heteroatoms. The molecule has 0 aliphatic heterocycles. The summed E-state index contributed by atoms with van der Waals surface area (Å²) in [7, 11) is 0. The van der Waals surface area contributed by atoms with Crippen LogP contribution in [0.3, 0.4) is 0 Å². The molecule has 30 heavy (non-hydrogen) atoms. The summed E-state index contributed by atoms with van der Waals surface area (Å²) in [6.07, 6.45) is -3.33. The maximum absolute atomic E-state index is 13.0. The lowest BCUT2D eigenvalue weighted by molar-refractivity contribution is -0.137. The van der Waals surface area contributed by atoms with Crippen molar-refractivity contribution in [1.29, 1.82) is 0 Å². The van der Waals surface area contributed by atoms with E-state index in [9.17, 15) is 18.0 Å². The highest BCUT2D eigenvalue weighted by Gasteiger charge is 2.33. The molecule has 5 N–H and O–H groups in total. The van der Waals surface area contributed by atoms with Gasteiger partial charge in [0.25, 0.3) is 0 Å². The summed E-state index contributed by atoms with van der Waals surface area (Å²) in [6.45, 7) is 0. The van der Waals surface area contributed by atoms with Gasteiger partial charge < -0.3 is 11.1 Å². The molecule has 0 saturated carbocycles. The van der Waals surface area contributed by atoms with Gasteiger partial charge in [-0.1, -0.05) is 41.9 Å². The van der Waals surface area contributed by atoms with E-state index in [1.54, 1.807) is 0 Å². The number of hydrazine groups is 1. The van der Waals surface area contributed by atoms with E-state index in [0.717, 1.165) is 24.0 Å². The van der Waals surface area contributed by atoms with Gasteiger partial charge in [0, 0.05) is 5.69 Å². The highest BCUT2D eigenvalue weighted by Crippen LogP contribution is 2.37. The van der Waals surface area contributed by atoms with Crippen LogP contribution in [0.15, 0.2) is 54.9 Å². The van der Waals surface area contributed by atoms with Crippen LogP contribution in [0.25, 0.3) is 0 Å². The first-order valence-electron chi connectivity index (χ1n) is 8.57. The molecule has 2 aromatic carbocycles. The lowest BCUT2D eigenvalue weighted by atomic mass is 10.1. The second-order valence-corrected chi connectivity index (χ2v) is 6.54. The number of anilines is 4. The third-order valence-electron chi connectivity index (χ3n) is 3.95. The molecule has 0 unspecified atom stereocenters. The third kappa shape index (κ3) is 5.29. The van der Waals surface area contributed by atoms with Crippen molar-refractivity contribution in [3.05, 3.63) is 71.0 Å². The number of benzene rings is 2. The van der Waals surface area contributed by atoms with Crippen LogP contribution in [0.1, 0.15) is 11.1 Å². The summed E-state index contributed by atoms with van der Waals surface area (Å²) in [5.41, 5.74) is 10.9. The first-order valence-corrected chi connectivity index (χ1v) is 8.95. The summed E-state index contributed by atoms with van der Waals surface area (Å²) >= 11 is 5.62. The SMILES string of the molecule is Nc1c(NNC(=O)Cc2ccccc2)ncnc1Nc1ccc(Cl)c(C(F)(F)F)c1. The van der Waals surface area contributed by atoms with Crippen molar-refractivity contribution in [2.24, 2.45) is 0 Å². The predicted molar refractivity (Wildman–Crippen MR) is 108 cm³/mol. The average Bonchev–Trinajstić information content (AvgIpc) is 2.70. The highest BCUT2D eigenvalue weighted by molar-refractivity contribution is 6.31. The maximum atomic E-state index is 13.0. The molecule has 0 radical (unpaired) electrons. The van der Waals surface area contributed by atoms with Crippen LogP contribution < -0.4 is 21.9 Å². The molecular formula is C19H16ClF3N6O. The lowest BCUT2D eigenvalue weighted by Crippen LogP contribution is -2.31. The van der Waals surface area contributed by atoms with Crippen LogP contribution in [-0.4, -0.2) is 15.9 Å². The number of hydrogen-bond donors (Lipinski definition) is 4. The molecule has 1 amide bonds. The summed E-state index contributed by atoms with van der Waals surface area (Å²) in [5.74, 6) is -0.194.